The van der Waals surface area contributed by atoms with E-state index in [2.05, 4.69) is 5.32 Å². The Morgan fingerprint density at radius 1 is 1.14 bits per heavy atom. The summed E-state index contributed by atoms with van der Waals surface area (Å²) < 4.78 is 49.1. The third-order valence-corrected chi connectivity index (χ3v) is 2.51. The van der Waals surface area contributed by atoms with Crippen LogP contribution in [0.2, 0.25) is 0 Å². The van der Waals surface area contributed by atoms with E-state index < -0.39 is 23.6 Å². The van der Waals surface area contributed by atoms with Gasteiger partial charge in [-0.25, -0.2) is 13.2 Å². The van der Waals surface area contributed by atoms with Crippen LogP contribution in [0, 0.1) is 17.5 Å². The molecule has 1 aromatic rings. The first kappa shape index (κ1) is 17.7. The molecular formula is C14H20F3NO3. The van der Waals surface area contributed by atoms with Crippen LogP contribution in [0.25, 0.3) is 0 Å². The second kappa shape index (κ2) is 8.86. The molecule has 0 fully saturated rings. The molecule has 0 heterocycles. The number of aliphatic hydroxyl groups is 1. The number of halogens is 3. The first-order chi connectivity index (χ1) is 9.90. The van der Waals surface area contributed by atoms with Gasteiger partial charge in [0.2, 0.25) is 0 Å². The summed E-state index contributed by atoms with van der Waals surface area (Å²) in [6, 6.07) is 1.64. The normalized spacial score (nSPS) is 12.7. The molecule has 4 nitrogen and oxygen atoms in total. The maximum absolute atomic E-state index is 13.0. The second-order valence-electron chi connectivity index (χ2n) is 4.78. The van der Waals surface area contributed by atoms with E-state index in [1.807, 2.05) is 13.8 Å². The van der Waals surface area contributed by atoms with E-state index in [4.69, 9.17) is 9.47 Å². The van der Waals surface area contributed by atoms with E-state index in [9.17, 15) is 18.3 Å². The van der Waals surface area contributed by atoms with E-state index >= 15 is 0 Å². The molecule has 21 heavy (non-hydrogen) atoms. The van der Waals surface area contributed by atoms with Gasteiger partial charge in [-0.2, -0.15) is 0 Å². The molecule has 0 radical (unpaired) electrons. The molecule has 0 amide bonds. The molecule has 1 atom stereocenters. The molecule has 0 saturated heterocycles. The summed E-state index contributed by atoms with van der Waals surface area (Å²) in [6.07, 6.45) is -0.747. The Bertz CT molecular complexity index is 420. The highest BCUT2D eigenvalue weighted by atomic mass is 19.2. The number of benzene rings is 1. The van der Waals surface area contributed by atoms with Gasteiger partial charge in [-0.15, -0.1) is 0 Å². The molecule has 120 valence electrons. The third-order valence-electron chi connectivity index (χ3n) is 2.51. The van der Waals surface area contributed by atoms with E-state index in [0.717, 1.165) is 12.1 Å². The maximum atomic E-state index is 13.0. The molecule has 0 spiro atoms. The summed E-state index contributed by atoms with van der Waals surface area (Å²) in [5.74, 6) is -4.09. The number of ether oxygens (including phenoxy) is 2. The summed E-state index contributed by atoms with van der Waals surface area (Å²) >= 11 is 0. The van der Waals surface area contributed by atoms with Crippen molar-refractivity contribution in [2.45, 2.75) is 26.1 Å². The lowest BCUT2D eigenvalue weighted by atomic mass is 10.2. The predicted molar refractivity (Wildman–Crippen MR) is 72.7 cm³/mol. The largest absolute Gasteiger partial charge is 0.389 e. The average molecular weight is 307 g/mol. The highest BCUT2D eigenvalue weighted by Crippen LogP contribution is 2.17. The number of nitrogens with one attached hydrogen (secondary N) is 1. The monoisotopic (exact) mass is 307 g/mol. The Balaban J connectivity index is 2.25. The van der Waals surface area contributed by atoms with Gasteiger partial charge in [0, 0.05) is 24.4 Å². The minimum atomic E-state index is -1.52. The summed E-state index contributed by atoms with van der Waals surface area (Å²) in [4.78, 5) is 0. The van der Waals surface area contributed by atoms with Gasteiger partial charge in [0.05, 0.1) is 32.0 Å². The van der Waals surface area contributed by atoms with Crippen LogP contribution in [-0.2, 0) is 9.47 Å². The first-order valence-electron chi connectivity index (χ1n) is 6.66. The molecule has 0 aliphatic carbocycles. The molecular weight excluding hydrogens is 287 g/mol. The van der Waals surface area contributed by atoms with Crippen molar-refractivity contribution in [1.82, 2.24) is 0 Å². The average Bonchev–Trinajstić information content (AvgIpc) is 2.41. The minimum absolute atomic E-state index is 0.0234. The van der Waals surface area contributed by atoms with Crippen LogP contribution in [0.3, 0.4) is 0 Å². The van der Waals surface area contributed by atoms with Crippen molar-refractivity contribution < 1.29 is 27.8 Å². The SMILES string of the molecule is CC(C)OCCOCC(O)CNc1cc(F)c(F)c(F)c1. The van der Waals surface area contributed by atoms with E-state index in [0.29, 0.717) is 13.2 Å². The number of hydrogen-bond acceptors (Lipinski definition) is 4. The highest BCUT2D eigenvalue weighted by Gasteiger charge is 2.11. The number of rotatable bonds is 9. The zero-order valence-corrected chi connectivity index (χ0v) is 12.0. The van der Waals surface area contributed by atoms with Crippen molar-refractivity contribution >= 4 is 5.69 Å². The lowest BCUT2D eigenvalue weighted by Gasteiger charge is -2.14. The lowest BCUT2D eigenvalue weighted by Crippen LogP contribution is -2.26. The number of aliphatic hydroxyl groups excluding tert-OH is 1. The summed E-state index contributed by atoms with van der Waals surface area (Å²) in [7, 11) is 0. The Morgan fingerprint density at radius 2 is 1.76 bits per heavy atom. The second-order valence-corrected chi connectivity index (χ2v) is 4.78. The fourth-order valence-electron chi connectivity index (χ4n) is 1.51. The minimum Gasteiger partial charge on any atom is -0.389 e. The van der Waals surface area contributed by atoms with Crippen LogP contribution in [0.5, 0.6) is 0 Å². The molecule has 0 saturated carbocycles. The van der Waals surface area contributed by atoms with Crippen molar-refractivity contribution in [3.8, 4) is 0 Å². The van der Waals surface area contributed by atoms with Crippen molar-refractivity contribution in [1.29, 1.82) is 0 Å². The molecule has 1 aromatic carbocycles. The molecule has 1 unspecified atom stereocenters. The molecule has 0 aromatic heterocycles. The molecule has 2 N–H and O–H groups in total. The Kier molecular flexibility index (Phi) is 7.49. The van der Waals surface area contributed by atoms with Crippen molar-refractivity contribution in [3.63, 3.8) is 0 Å². The maximum Gasteiger partial charge on any atom is 0.194 e. The molecule has 0 aliphatic rings. The molecule has 1 rings (SSSR count). The van der Waals surface area contributed by atoms with Crippen molar-refractivity contribution in [3.05, 3.63) is 29.6 Å². The fraction of sp³-hybridized carbons (Fsp3) is 0.571. The van der Waals surface area contributed by atoms with E-state index in [1.165, 1.54) is 0 Å². The van der Waals surface area contributed by atoms with Gasteiger partial charge >= 0.3 is 0 Å². The van der Waals surface area contributed by atoms with Crippen LogP contribution in [0.15, 0.2) is 12.1 Å². The molecule has 0 aliphatic heterocycles. The van der Waals surface area contributed by atoms with Crippen molar-refractivity contribution in [2.24, 2.45) is 0 Å². The predicted octanol–water partition coefficient (Wildman–Crippen LogP) is 2.32. The van der Waals surface area contributed by atoms with Gasteiger partial charge in [0.25, 0.3) is 0 Å². The smallest absolute Gasteiger partial charge is 0.194 e. The lowest BCUT2D eigenvalue weighted by molar-refractivity contribution is -0.00734. The van der Waals surface area contributed by atoms with Crippen LogP contribution in [0.1, 0.15) is 13.8 Å². The highest BCUT2D eigenvalue weighted by molar-refractivity contribution is 5.44. The van der Waals surface area contributed by atoms with Gasteiger partial charge in [0.15, 0.2) is 17.5 Å². The summed E-state index contributed by atoms with van der Waals surface area (Å²) in [5.41, 5.74) is 0.0496. The Morgan fingerprint density at radius 3 is 2.33 bits per heavy atom. The zero-order chi connectivity index (χ0) is 15.8. The first-order valence-corrected chi connectivity index (χ1v) is 6.66. The molecule has 7 heteroatoms. The van der Waals surface area contributed by atoms with Crippen molar-refractivity contribution in [2.75, 3.05) is 31.7 Å². The summed E-state index contributed by atoms with van der Waals surface area (Å²) in [5, 5.41) is 12.2. The van der Waals surface area contributed by atoms with Gasteiger partial charge < -0.3 is 19.9 Å². The summed E-state index contributed by atoms with van der Waals surface area (Å²) in [6.45, 7) is 4.65. The zero-order valence-electron chi connectivity index (χ0n) is 12.0. The quantitative estimate of drug-likeness (QED) is 0.543. The number of anilines is 1. The van der Waals surface area contributed by atoms with Crippen LogP contribution in [0.4, 0.5) is 18.9 Å². The van der Waals surface area contributed by atoms with Gasteiger partial charge in [-0.3, -0.25) is 0 Å². The Hall–Kier alpha value is -1.31. The molecule has 0 bridgehead atoms. The fourth-order valence-corrected chi connectivity index (χ4v) is 1.51. The topological polar surface area (TPSA) is 50.7 Å². The van der Waals surface area contributed by atoms with E-state index in [1.54, 1.807) is 0 Å². The van der Waals surface area contributed by atoms with Gasteiger partial charge in [0.1, 0.15) is 0 Å². The Labute approximate surface area is 121 Å². The van der Waals surface area contributed by atoms with Crippen LogP contribution < -0.4 is 5.32 Å². The van der Waals surface area contributed by atoms with Gasteiger partial charge in [-0.05, 0) is 13.8 Å². The van der Waals surface area contributed by atoms with Crippen LogP contribution >= 0.6 is 0 Å². The van der Waals surface area contributed by atoms with Gasteiger partial charge in [-0.1, -0.05) is 0 Å². The van der Waals surface area contributed by atoms with E-state index in [-0.39, 0.29) is 24.9 Å². The number of hydrogen-bond donors (Lipinski definition) is 2. The third kappa shape index (κ3) is 6.79. The standard InChI is InChI=1S/C14H20F3NO3/c1-9(2)21-4-3-20-8-11(19)7-18-10-5-12(15)14(17)13(16)6-10/h5-6,9,11,18-19H,3-4,7-8H2,1-2H3. The van der Waals surface area contributed by atoms with Crippen LogP contribution in [-0.4, -0.2) is 43.7 Å².